The average molecular weight is 138 g/mol. The first-order valence-corrected chi connectivity index (χ1v) is 3.40. The molecule has 1 rings (SSSR count). The highest BCUT2D eigenvalue weighted by molar-refractivity contribution is 5.66. The Morgan fingerprint density at radius 2 is 2.00 bits per heavy atom. The number of hydrogen-bond acceptors (Lipinski definition) is 2. The molecule has 0 bridgehead atoms. The quantitative estimate of drug-likeness (QED) is 0.430. The Morgan fingerprint density at radius 3 is 2.40 bits per heavy atom. The molecule has 2 heteroatoms. The van der Waals surface area contributed by atoms with Crippen molar-refractivity contribution in [1.82, 2.24) is 0 Å². The molecule has 1 aliphatic rings. The van der Waals surface area contributed by atoms with Gasteiger partial charge in [-0.1, -0.05) is 6.08 Å². The van der Waals surface area contributed by atoms with Crippen LogP contribution in [0.2, 0.25) is 0 Å². The second-order valence-electron chi connectivity index (χ2n) is 2.75. The Hall–Kier alpha value is -0.920. The topological polar surface area (TPSA) is 34.1 Å². The van der Waals surface area contributed by atoms with Crippen LogP contribution in [0.4, 0.5) is 0 Å². The minimum atomic E-state index is -0.0838. The minimum Gasteiger partial charge on any atom is -0.303 e. The van der Waals surface area contributed by atoms with Crippen LogP contribution in [0.25, 0.3) is 0 Å². The van der Waals surface area contributed by atoms with Gasteiger partial charge in [-0.25, -0.2) is 0 Å². The molecule has 0 heterocycles. The number of hydrogen-bond donors (Lipinski definition) is 0. The molecule has 0 spiro atoms. The Balaban J connectivity index is 2.31. The zero-order chi connectivity index (χ0) is 7.45. The minimum absolute atomic E-state index is 0.0838. The van der Waals surface area contributed by atoms with Crippen LogP contribution in [0.5, 0.6) is 0 Å². The third kappa shape index (κ3) is 1.53. The number of rotatable bonds is 4. The second-order valence-corrected chi connectivity index (χ2v) is 2.75. The summed E-state index contributed by atoms with van der Waals surface area (Å²) in [6, 6.07) is 0. The van der Waals surface area contributed by atoms with Gasteiger partial charge in [0.2, 0.25) is 0 Å². The summed E-state index contributed by atoms with van der Waals surface area (Å²) in [5.74, 6) is 0. The summed E-state index contributed by atoms with van der Waals surface area (Å²) < 4.78 is 0. The third-order valence-corrected chi connectivity index (χ3v) is 1.88. The van der Waals surface area contributed by atoms with E-state index in [1.807, 2.05) is 0 Å². The summed E-state index contributed by atoms with van der Waals surface area (Å²) in [6.45, 7) is 0. The fourth-order valence-corrected chi connectivity index (χ4v) is 0.889. The van der Waals surface area contributed by atoms with Gasteiger partial charge in [0.1, 0.15) is 12.6 Å². The Bertz CT molecular complexity index is 166. The van der Waals surface area contributed by atoms with Gasteiger partial charge in [0.15, 0.2) is 0 Å². The molecule has 1 aliphatic carbocycles. The van der Waals surface area contributed by atoms with E-state index < -0.39 is 0 Å². The van der Waals surface area contributed by atoms with Crippen molar-refractivity contribution in [3.8, 4) is 0 Å². The van der Waals surface area contributed by atoms with Crippen molar-refractivity contribution in [2.24, 2.45) is 5.41 Å². The average Bonchev–Trinajstić information content (AvgIpc) is 2.70. The Kier molecular flexibility index (Phi) is 2.00. The van der Waals surface area contributed by atoms with Gasteiger partial charge in [-0.3, -0.25) is 4.79 Å². The molecule has 0 atom stereocenters. The molecular formula is C8H10O2. The van der Waals surface area contributed by atoms with Crippen molar-refractivity contribution in [2.45, 2.75) is 19.3 Å². The van der Waals surface area contributed by atoms with E-state index in [0.29, 0.717) is 0 Å². The zero-order valence-electron chi connectivity index (χ0n) is 5.75. The smallest absolute Gasteiger partial charge is 0.142 e. The van der Waals surface area contributed by atoms with Crippen LogP contribution in [0.15, 0.2) is 12.2 Å². The highest BCUT2D eigenvalue weighted by Crippen LogP contribution is 2.46. The highest BCUT2D eigenvalue weighted by Gasteiger charge is 2.40. The molecule has 1 saturated carbocycles. The van der Waals surface area contributed by atoms with Gasteiger partial charge in [0, 0.05) is 5.41 Å². The van der Waals surface area contributed by atoms with Gasteiger partial charge in [0.05, 0.1) is 0 Å². The first kappa shape index (κ1) is 7.19. The number of allylic oxidation sites excluding steroid dienone is 2. The van der Waals surface area contributed by atoms with Gasteiger partial charge >= 0.3 is 0 Å². The molecule has 10 heavy (non-hydrogen) atoms. The lowest BCUT2D eigenvalue weighted by molar-refractivity contribution is -0.112. The normalized spacial score (nSPS) is 20.8. The molecule has 0 aromatic rings. The monoisotopic (exact) mass is 138 g/mol. The van der Waals surface area contributed by atoms with E-state index >= 15 is 0 Å². The highest BCUT2D eigenvalue weighted by atomic mass is 16.1. The maximum atomic E-state index is 10.4. The summed E-state index contributed by atoms with van der Waals surface area (Å²) >= 11 is 0. The molecule has 2 nitrogen and oxygen atoms in total. The van der Waals surface area contributed by atoms with Crippen LogP contribution >= 0.6 is 0 Å². The van der Waals surface area contributed by atoms with Crippen LogP contribution in [-0.4, -0.2) is 12.6 Å². The largest absolute Gasteiger partial charge is 0.303 e. The van der Waals surface area contributed by atoms with Gasteiger partial charge in [-0.15, -0.1) is 0 Å². The summed E-state index contributed by atoms with van der Waals surface area (Å²) in [5, 5.41) is 0. The van der Waals surface area contributed by atoms with Gasteiger partial charge in [-0.2, -0.15) is 0 Å². The summed E-state index contributed by atoms with van der Waals surface area (Å²) in [7, 11) is 0. The van der Waals surface area contributed by atoms with Crippen LogP contribution < -0.4 is 0 Å². The fraction of sp³-hybridized carbons (Fsp3) is 0.500. The predicted molar refractivity (Wildman–Crippen MR) is 37.6 cm³/mol. The molecule has 54 valence electrons. The predicted octanol–water partition coefficient (Wildman–Crippen LogP) is 1.11. The van der Waals surface area contributed by atoms with Crippen molar-refractivity contribution < 1.29 is 9.59 Å². The lowest BCUT2D eigenvalue weighted by Crippen LogP contribution is -1.98. The lowest BCUT2D eigenvalue weighted by Gasteiger charge is -1.97. The maximum absolute atomic E-state index is 10.4. The van der Waals surface area contributed by atoms with Gasteiger partial charge in [0.25, 0.3) is 0 Å². The lowest BCUT2D eigenvalue weighted by atomic mass is 10.1. The molecule has 0 amide bonds. The van der Waals surface area contributed by atoms with Crippen molar-refractivity contribution in [2.75, 3.05) is 0 Å². The van der Waals surface area contributed by atoms with Crippen molar-refractivity contribution in [3.05, 3.63) is 12.2 Å². The first-order chi connectivity index (χ1) is 4.83. The molecule has 0 aromatic heterocycles. The van der Waals surface area contributed by atoms with Crippen molar-refractivity contribution >= 4 is 12.6 Å². The summed E-state index contributed by atoms with van der Waals surface area (Å²) in [4.78, 5) is 20.2. The molecule has 0 N–H and O–H groups in total. The summed E-state index contributed by atoms with van der Waals surface area (Å²) in [6.07, 6.45) is 7.65. The SMILES string of the molecule is O=CC=CCC1(C=O)CC1. The van der Waals surface area contributed by atoms with E-state index in [4.69, 9.17) is 0 Å². The van der Waals surface area contributed by atoms with E-state index in [9.17, 15) is 9.59 Å². The first-order valence-electron chi connectivity index (χ1n) is 3.40. The van der Waals surface area contributed by atoms with Gasteiger partial charge in [-0.05, 0) is 25.3 Å². The number of carbonyl (C=O) groups excluding carboxylic acids is 2. The van der Waals surface area contributed by atoms with Crippen LogP contribution in [-0.2, 0) is 9.59 Å². The second kappa shape index (κ2) is 2.78. The molecule has 0 aromatic carbocycles. The molecule has 0 radical (unpaired) electrons. The van der Waals surface area contributed by atoms with Crippen LogP contribution in [0.1, 0.15) is 19.3 Å². The zero-order valence-corrected chi connectivity index (χ0v) is 5.75. The van der Waals surface area contributed by atoms with Crippen molar-refractivity contribution in [1.29, 1.82) is 0 Å². The summed E-state index contributed by atoms with van der Waals surface area (Å²) in [5.41, 5.74) is -0.0838. The number of aldehydes is 2. The van der Waals surface area contributed by atoms with Crippen LogP contribution in [0.3, 0.4) is 0 Å². The number of carbonyl (C=O) groups is 2. The van der Waals surface area contributed by atoms with E-state index in [1.54, 1.807) is 6.08 Å². The van der Waals surface area contributed by atoms with Gasteiger partial charge < -0.3 is 4.79 Å². The molecule has 1 fully saturated rings. The maximum Gasteiger partial charge on any atom is 0.142 e. The fourth-order valence-electron chi connectivity index (χ4n) is 0.889. The Labute approximate surface area is 59.9 Å². The molecule has 0 aliphatic heterocycles. The third-order valence-electron chi connectivity index (χ3n) is 1.88. The van der Waals surface area contributed by atoms with Crippen molar-refractivity contribution in [3.63, 3.8) is 0 Å². The Morgan fingerprint density at radius 1 is 1.30 bits per heavy atom. The van der Waals surface area contributed by atoms with E-state index in [1.165, 1.54) is 6.08 Å². The standard InChI is InChI=1S/C8H10O2/c9-6-2-1-3-8(7-10)4-5-8/h1-2,6-7H,3-5H2. The molecule has 0 saturated heterocycles. The van der Waals surface area contributed by atoms with Crippen LogP contribution in [0, 0.1) is 5.41 Å². The molecular weight excluding hydrogens is 128 g/mol. The van der Waals surface area contributed by atoms with E-state index in [-0.39, 0.29) is 5.41 Å². The van der Waals surface area contributed by atoms with E-state index in [0.717, 1.165) is 31.8 Å². The molecule has 0 unspecified atom stereocenters. The van der Waals surface area contributed by atoms with E-state index in [2.05, 4.69) is 0 Å².